The van der Waals surface area contributed by atoms with Crippen LogP contribution in [0.15, 0.2) is 79.9 Å². The monoisotopic (exact) mass is 578 g/mol. The highest BCUT2D eigenvalue weighted by Gasteiger charge is 2.79. The molecule has 0 aromatic heterocycles. The quantitative estimate of drug-likeness (QED) is 0.320. The molecule has 2 aromatic rings. The van der Waals surface area contributed by atoms with Crippen molar-refractivity contribution in [2.24, 2.45) is 11.8 Å². The molecule has 3 aliphatic rings. The Morgan fingerprint density at radius 3 is 2.51 bits per heavy atom. The number of aliphatic hydroxyl groups is 1. The van der Waals surface area contributed by atoms with Crippen molar-refractivity contribution in [3.63, 3.8) is 0 Å². The van der Waals surface area contributed by atoms with Gasteiger partial charge >= 0.3 is 5.97 Å². The number of esters is 1. The molecule has 9 heteroatoms. The Bertz CT molecular complexity index is 1330. The number of carbonyl (C=O) groups is 3. The summed E-state index contributed by atoms with van der Waals surface area (Å²) in [5.41, 5.74) is -0.756. The number of hydrogen-bond acceptors (Lipinski definition) is 6. The van der Waals surface area contributed by atoms with Gasteiger partial charge in [0.15, 0.2) is 0 Å². The van der Waals surface area contributed by atoms with E-state index in [1.165, 1.54) is 11.0 Å². The van der Waals surface area contributed by atoms with Gasteiger partial charge in [-0.05, 0) is 56.0 Å². The molecule has 0 saturated carbocycles. The zero-order valence-electron chi connectivity index (χ0n) is 23.1. The lowest BCUT2D eigenvalue weighted by molar-refractivity contribution is -0.159. The highest BCUT2D eigenvalue weighted by molar-refractivity contribution is 6.30. The molecule has 3 aliphatic heterocycles. The molecule has 0 radical (unpaired) electrons. The van der Waals surface area contributed by atoms with E-state index in [-0.39, 0.29) is 25.7 Å². The molecule has 2 bridgehead atoms. The first kappa shape index (κ1) is 29.0. The Kier molecular flexibility index (Phi) is 8.10. The standard InChI is InChI=1S/C32H35ClN2O6/c1-4-17-34(23-13-11-22(33)12-14-23)29(38)27-32-16-15-31(3,41-32)26(30(39)40-18-5-2)25(32)28(37)35(27)24(20-36)19-21-9-7-6-8-10-21/h4-14,24-27,36H,1-2,15-20H2,3H3/t24-,25+,26+,27?,31-,32?/m1/s1. The van der Waals surface area contributed by atoms with Gasteiger partial charge in [-0.3, -0.25) is 14.4 Å². The number of anilines is 1. The topological polar surface area (TPSA) is 96.4 Å². The van der Waals surface area contributed by atoms with Gasteiger partial charge in [0.25, 0.3) is 5.91 Å². The molecular weight excluding hydrogens is 544 g/mol. The molecule has 3 fully saturated rings. The number of halogens is 1. The number of nitrogens with zero attached hydrogens (tertiary/aromatic N) is 2. The second kappa shape index (κ2) is 11.4. The molecule has 41 heavy (non-hydrogen) atoms. The van der Waals surface area contributed by atoms with Crippen LogP contribution in [0.1, 0.15) is 25.3 Å². The Labute approximate surface area is 245 Å². The Morgan fingerprint density at radius 2 is 1.88 bits per heavy atom. The summed E-state index contributed by atoms with van der Waals surface area (Å²) in [6, 6.07) is 14.5. The predicted octanol–water partition coefficient (Wildman–Crippen LogP) is 3.96. The molecule has 2 amide bonds. The van der Waals surface area contributed by atoms with Crippen molar-refractivity contribution in [1.29, 1.82) is 0 Å². The van der Waals surface area contributed by atoms with Gasteiger partial charge in [0.05, 0.1) is 24.2 Å². The molecule has 3 saturated heterocycles. The van der Waals surface area contributed by atoms with Crippen molar-refractivity contribution in [1.82, 2.24) is 4.90 Å². The summed E-state index contributed by atoms with van der Waals surface area (Å²) in [5, 5.41) is 11.2. The van der Waals surface area contributed by atoms with Crippen LogP contribution in [-0.2, 0) is 30.3 Å². The van der Waals surface area contributed by atoms with Crippen LogP contribution in [-0.4, -0.2) is 70.8 Å². The lowest BCUT2D eigenvalue weighted by Gasteiger charge is -2.39. The van der Waals surface area contributed by atoms with Crippen LogP contribution in [0, 0.1) is 11.8 Å². The van der Waals surface area contributed by atoms with E-state index in [4.69, 9.17) is 21.1 Å². The third-order valence-corrected chi connectivity index (χ3v) is 8.93. The lowest BCUT2D eigenvalue weighted by atomic mass is 9.66. The van der Waals surface area contributed by atoms with E-state index in [0.29, 0.717) is 30.0 Å². The maximum absolute atomic E-state index is 14.7. The molecule has 6 atom stereocenters. The Morgan fingerprint density at radius 1 is 1.17 bits per heavy atom. The summed E-state index contributed by atoms with van der Waals surface area (Å²) in [6.45, 7) is 9.07. The van der Waals surface area contributed by atoms with Gasteiger partial charge in [-0.15, -0.1) is 6.58 Å². The normalized spacial score (nSPS) is 28.7. The molecule has 216 valence electrons. The molecule has 3 heterocycles. The summed E-state index contributed by atoms with van der Waals surface area (Å²) < 4.78 is 12.1. The SMILES string of the molecule is C=CCOC(=O)[C@@H]1[C@H]2C(=O)N([C@@H](CO)Cc3ccccc3)C(C(=O)N(CC=C)c3ccc(Cl)cc3)C23CC[C@@]1(C)O3. The molecular formula is C32H35ClN2O6. The average molecular weight is 579 g/mol. The number of amides is 2. The fourth-order valence-corrected chi connectivity index (χ4v) is 7.11. The van der Waals surface area contributed by atoms with E-state index < -0.39 is 47.0 Å². The molecule has 1 N–H and O–H groups in total. The minimum Gasteiger partial charge on any atom is -0.461 e. The first-order valence-corrected chi connectivity index (χ1v) is 14.2. The first-order chi connectivity index (χ1) is 19.7. The molecule has 2 unspecified atom stereocenters. The summed E-state index contributed by atoms with van der Waals surface area (Å²) in [5.74, 6) is -3.16. The number of benzene rings is 2. The highest BCUT2D eigenvalue weighted by Crippen LogP contribution is 2.63. The minimum absolute atomic E-state index is 0.00233. The van der Waals surface area contributed by atoms with Gasteiger partial charge in [-0.2, -0.15) is 0 Å². The van der Waals surface area contributed by atoms with Crippen LogP contribution in [0.4, 0.5) is 5.69 Å². The zero-order valence-corrected chi connectivity index (χ0v) is 23.8. The number of aliphatic hydroxyl groups excluding tert-OH is 1. The third kappa shape index (κ3) is 4.88. The van der Waals surface area contributed by atoms with E-state index >= 15 is 0 Å². The van der Waals surface area contributed by atoms with Gasteiger partial charge in [0.2, 0.25) is 5.91 Å². The Balaban J connectivity index is 1.62. The van der Waals surface area contributed by atoms with Crippen molar-refractivity contribution in [2.45, 2.75) is 49.5 Å². The molecule has 2 aromatic carbocycles. The van der Waals surface area contributed by atoms with Crippen LogP contribution in [0.3, 0.4) is 0 Å². The summed E-state index contributed by atoms with van der Waals surface area (Å²) >= 11 is 6.13. The molecule has 0 aliphatic carbocycles. The van der Waals surface area contributed by atoms with Crippen LogP contribution in [0.5, 0.6) is 0 Å². The first-order valence-electron chi connectivity index (χ1n) is 13.8. The van der Waals surface area contributed by atoms with Crippen LogP contribution in [0.2, 0.25) is 5.02 Å². The Hall–Kier alpha value is -3.46. The van der Waals surface area contributed by atoms with Gasteiger partial charge in [-0.25, -0.2) is 0 Å². The van der Waals surface area contributed by atoms with Crippen molar-refractivity contribution >= 4 is 35.1 Å². The van der Waals surface area contributed by atoms with Crippen molar-refractivity contribution in [3.05, 3.63) is 90.5 Å². The van der Waals surface area contributed by atoms with Crippen LogP contribution < -0.4 is 4.90 Å². The number of ether oxygens (including phenoxy) is 2. The molecule has 1 spiro atoms. The van der Waals surface area contributed by atoms with Crippen LogP contribution >= 0.6 is 11.6 Å². The third-order valence-electron chi connectivity index (χ3n) is 8.68. The summed E-state index contributed by atoms with van der Waals surface area (Å²) in [7, 11) is 0. The van der Waals surface area contributed by atoms with Crippen LogP contribution in [0.25, 0.3) is 0 Å². The highest BCUT2D eigenvalue weighted by atomic mass is 35.5. The maximum Gasteiger partial charge on any atom is 0.313 e. The second-order valence-corrected chi connectivity index (χ2v) is 11.6. The number of rotatable bonds is 11. The second-order valence-electron chi connectivity index (χ2n) is 11.1. The fraction of sp³-hybridized carbons (Fsp3) is 0.406. The lowest BCUT2D eigenvalue weighted by Crippen LogP contribution is -2.59. The number of hydrogen-bond donors (Lipinski definition) is 1. The number of fused-ring (bicyclic) bond motifs is 1. The van der Waals surface area contributed by atoms with E-state index in [1.807, 2.05) is 37.3 Å². The number of likely N-dealkylation sites (tertiary alicyclic amines) is 1. The maximum atomic E-state index is 14.7. The average Bonchev–Trinajstić information content (AvgIpc) is 3.54. The van der Waals surface area contributed by atoms with Crippen molar-refractivity contribution in [2.75, 3.05) is 24.7 Å². The largest absolute Gasteiger partial charge is 0.461 e. The minimum atomic E-state index is -1.27. The number of carbonyl (C=O) groups excluding carboxylic acids is 3. The molecule has 8 nitrogen and oxygen atoms in total. The van der Waals surface area contributed by atoms with Crippen molar-refractivity contribution < 1.29 is 29.0 Å². The van der Waals surface area contributed by atoms with E-state index in [1.54, 1.807) is 35.2 Å². The smallest absolute Gasteiger partial charge is 0.313 e. The van der Waals surface area contributed by atoms with Gasteiger partial charge < -0.3 is 24.4 Å². The van der Waals surface area contributed by atoms with E-state index in [9.17, 15) is 19.5 Å². The molecule has 5 rings (SSSR count). The van der Waals surface area contributed by atoms with Crippen molar-refractivity contribution in [3.8, 4) is 0 Å². The summed E-state index contributed by atoms with van der Waals surface area (Å²) in [4.78, 5) is 45.6. The van der Waals surface area contributed by atoms with Gasteiger partial charge in [0.1, 0.15) is 24.2 Å². The fourth-order valence-electron chi connectivity index (χ4n) is 6.98. The van der Waals surface area contributed by atoms with Gasteiger partial charge in [0, 0.05) is 17.3 Å². The zero-order chi connectivity index (χ0) is 29.4. The van der Waals surface area contributed by atoms with Gasteiger partial charge in [-0.1, -0.05) is 60.7 Å². The van der Waals surface area contributed by atoms with E-state index in [2.05, 4.69) is 13.2 Å². The summed E-state index contributed by atoms with van der Waals surface area (Å²) in [6.07, 6.45) is 4.29. The van der Waals surface area contributed by atoms with E-state index in [0.717, 1.165) is 5.56 Å². The predicted molar refractivity (Wildman–Crippen MR) is 155 cm³/mol.